The van der Waals surface area contributed by atoms with Gasteiger partial charge in [0, 0.05) is 13.1 Å². The van der Waals surface area contributed by atoms with Crippen molar-refractivity contribution in [3.63, 3.8) is 0 Å². The fourth-order valence-corrected chi connectivity index (χ4v) is 1.77. The fraction of sp³-hybridized carbons (Fsp3) is 0.200. The molecule has 0 fully saturated rings. The third-order valence-corrected chi connectivity index (χ3v) is 2.57. The van der Waals surface area contributed by atoms with Crippen LogP contribution in [-0.4, -0.2) is 6.54 Å². The Hall–Kier alpha value is -1.60. The molecule has 2 aromatic carbocycles. The Morgan fingerprint density at radius 2 is 1.88 bits per heavy atom. The van der Waals surface area contributed by atoms with Gasteiger partial charge in [-0.25, -0.2) is 0 Å². The number of hydrogen-bond acceptors (Lipinski definition) is 1. The molecule has 0 aliphatic rings. The molecule has 2 aromatic rings. The molecule has 1 N–H and O–H groups in total. The van der Waals surface area contributed by atoms with Crippen LogP contribution in [0.15, 0.2) is 54.6 Å². The van der Waals surface area contributed by atoms with Crippen molar-refractivity contribution in [1.82, 2.24) is 5.32 Å². The first-order valence-electron chi connectivity index (χ1n) is 5.58. The molecule has 0 amide bonds. The Kier molecular flexibility index (Phi) is 3.37. The molecule has 1 nitrogen and oxygen atoms in total. The standard InChI is InChI=1S/C15H17N/c1-12(2)10-16-11-13-7-8-14-5-3-4-6-15(14)9-13/h3-9,16H,1,10-11H2,2H3. The van der Waals surface area contributed by atoms with Crippen LogP contribution in [0, 0.1) is 0 Å². The Balaban J connectivity index is 2.10. The predicted molar refractivity (Wildman–Crippen MR) is 70.5 cm³/mol. The third kappa shape index (κ3) is 2.71. The average Bonchev–Trinajstić information content (AvgIpc) is 2.28. The number of hydrogen-bond donors (Lipinski definition) is 1. The van der Waals surface area contributed by atoms with Gasteiger partial charge in [0.15, 0.2) is 0 Å². The molecule has 0 aliphatic heterocycles. The van der Waals surface area contributed by atoms with Gasteiger partial charge in [0.1, 0.15) is 0 Å². The van der Waals surface area contributed by atoms with Gasteiger partial charge in [-0.05, 0) is 29.3 Å². The number of fused-ring (bicyclic) bond motifs is 1. The van der Waals surface area contributed by atoms with E-state index < -0.39 is 0 Å². The van der Waals surface area contributed by atoms with Gasteiger partial charge >= 0.3 is 0 Å². The lowest BCUT2D eigenvalue weighted by molar-refractivity contribution is 0.742. The van der Waals surface area contributed by atoms with E-state index in [1.807, 2.05) is 6.92 Å². The van der Waals surface area contributed by atoms with Crippen molar-refractivity contribution in [1.29, 1.82) is 0 Å². The highest BCUT2D eigenvalue weighted by Crippen LogP contribution is 2.15. The van der Waals surface area contributed by atoms with Gasteiger partial charge in [-0.3, -0.25) is 0 Å². The summed E-state index contributed by atoms with van der Waals surface area (Å²) < 4.78 is 0. The Bertz CT molecular complexity index is 500. The SMILES string of the molecule is C=C(C)CNCc1ccc2ccccc2c1. The maximum Gasteiger partial charge on any atom is 0.0208 e. The summed E-state index contributed by atoms with van der Waals surface area (Å²) in [5, 5.41) is 5.97. The lowest BCUT2D eigenvalue weighted by Crippen LogP contribution is -2.14. The van der Waals surface area contributed by atoms with Gasteiger partial charge < -0.3 is 5.32 Å². The third-order valence-electron chi connectivity index (χ3n) is 2.57. The van der Waals surface area contributed by atoms with Gasteiger partial charge in [-0.2, -0.15) is 0 Å². The second-order valence-electron chi connectivity index (χ2n) is 4.24. The van der Waals surface area contributed by atoms with E-state index in [2.05, 4.69) is 54.4 Å². The number of nitrogens with one attached hydrogen (secondary N) is 1. The molecule has 0 heterocycles. The van der Waals surface area contributed by atoms with E-state index in [4.69, 9.17) is 0 Å². The molecule has 1 heteroatoms. The first kappa shape index (κ1) is 10.9. The lowest BCUT2D eigenvalue weighted by Gasteiger charge is -2.05. The van der Waals surface area contributed by atoms with Crippen molar-refractivity contribution < 1.29 is 0 Å². The topological polar surface area (TPSA) is 12.0 Å². The predicted octanol–water partition coefficient (Wildman–Crippen LogP) is 3.51. The van der Waals surface area contributed by atoms with Crippen molar-refractivity contribution >= 4 is 10.8 Å². The molecule has 82 valence electrons. The lowest BCUT2D eigenvalue weighted by atomic mass is 10.1. The highest BCUT2D eigenvalue weighted by molar-refractivity contribution is 5.82. The Morgan fingerprint density at radius 3 is 2.62 bits per heavy atom. The van der Waals surface area contributed by atoms with E-state index in [0.717, 1.165) is 13.1 Å². The van der Waals surface area contributed by atoms with Crippen LogP contribution in [0.4, 0.5) is 0 Å². The van der Waals surface area contributed by atoms with E-state index in [-0.39, 0.29) is 0 Å². The summed E-state index contributed by atoms with van der Waals surface area (Å²) in [5.41, 5.74) is 2.49. The van der Waals surface area contributed by atoms with E-state index >= 15 is 0 Å². The van der Waals surface area contributed by atoms with Crippen molar-refractivity contribution in [3.05, 3.63) is 60.2 Å². The molecule has 0 unspecified atom stereocenters. The van der Waals surface area contributed by atoms with Gasteiger partial charge in [0.05, 0.1) is 0 Å². The molecule has 0 saturated heterocycles. The van der Waals surface area contributed by atoms with Gasteiger partial charge in [0.25, 0.3) is 0 Å². The van der Waals surface area contributed by atoms with Gasteiger partial charge in [-0.1, -0.05) is 48.6 Å². The fourth-order valence-electron chi connectivity index (χ4n) is 1.77. The molecule has 0 spiro atoms. The second kappa shape index (κ2) is 4.95. The molecule has 0 radical (unpaired) electrons. The molecule has 0 bridgehead atoms. The summed E-state index contributed by atoms with van der Waals surface area (Å²) >= 11 is 0. The molecule has 0 aromatic heterocycles. The normalized spacial score (nSPS) is 10.6. The zero-order valence-electron chi connectivity index (χ0n) is 9.66. The second-order valence-corrected chi connectivity index (χ2v) is 4.24. The summed E-state index contributed by atoms with van der Waals surface area (Å²) in [4.78, 5) is 0. The molecular weight excluding hydrogens is 194 g/mol. The first-order valence-corrected chi connectivity index (χ1v) is 5.58. The average molecular weight is 211 g/mol. The Morgan fingerprint density at radius 1 is 1.12 bits per heavy atom. The summed E-state index contributed by atoms with van der Waals surface area (Å²) in [6.07, 6.45) is 0. The van der Waals surface area contributed by atoms with Crippen LogP contribution < -0.4 is 5.32 Å². The smallest absolute Gasteiger partial charge is 0.0208 e. The van der Waals surface area contributed by atoms with Crippen LogP contribution in [0.1, 0.15) is 12.5 Å². The largest absolute Gasteiger partial charge is 0.309 e. The summed E-state index contributed by atoms with van der Waals surface area (Å²) in [6.45, 7) is 7.69. The first-order chi connectivity index (χ1) is 7.75. The molecule has 0 atom stereocenters. The van der Waals surface area contributed by atoms with E-state index in [1.165, 1.54) is 21.9 Å². The highest BCUT2D eigenvalue weighted by atomic mass is 14.8. The van der Waals surface area contributed by atoms with E-state index in [1.54, 1.807) is 0 Å². The maximum atomic E-state index is 3.87. The minimum atomic E-state index is 0.882. The zero-order chi connectivity index (χ0) is 11.4. The summed E-state index contributed by atoms with van der Waals surface area (Å²) in [6, 6.07) is 15.0. The molecular formula is C15H17N. The maximum absolute atomic E-state index is 3.87. The molecule has 0 aliphatic carbocycles. The van der Waals surface area contributed by atoms with Gasteiger partial charge in [-0.15, -0.1) is 0 Å². The molecule has 0 saturated carbocycles. The highest BCUT2D eigenvalue weighted by Gasteiger charge is 1.95. The van der Waals surface area contributed by atoms with Crippen LogP contribution in [-0.2, 0) is 6.54 Å². The quantitative estimate of drug-likeness (QED) is 0.763. The van der Waals surface area contributed by atoms with Crippen molar-refractivity contribution in [2.75, 3.05) is 6.54 Å². The van der Waals surface area contributed by atoms with Crippen LogP contribution in [0.2, 0.25) is 0 Å². The van der Waals surface area contributed by atoms with Crippen LogP contribution in [0.5, 0.6) is 0 Å². The van der Waals surface area contributed by atoms with Crippen LogP contribution in [0.25, 0.3) is 10.8 Å². The van der Waals surface area contributed by atoms with Crippen LogP contribution >= 0.6 is 0 Å². The van der Waals surface area contributed by atoms with E-state index in [0.29, 0.717) is 0 Å². The van der Waals surface area contributed by atoms with Crippen molar-refractivity contribution in [2.24, 2.45) is 0 Å². The number of benzene rings is 2. The van der Waals surface area contributed by atoms with Gasteiger partial charge in [0.2, 0.25) is 0 Å². The van der Waals surface area contributed by atoms with E-state index in [9.17, 15) is 0 Å². The van der Waals surface area contributed by atoms with Crippen molar-refractivity contribution in [2.45, 2.75) is 13.5 Å². The minimum absolute atomic E-state index is 0.882. The molecule has 16 heavy (non-hydrogen) atoms. The molecule has 2 rings (SSSR count). The minimum Gasteiger partial charge on any atom is -0.309 e. The van der Waals surface area contributed by atoms with Crippen molar-refractivity contribution in [3.8, 4) is 0 Å². The monoisotopic (exact) mass is 211 g/mol. The van der Waals surface area contributed by atoms with Crippen LogP contribution in [0.3, 0.4) is 0 Å². The Labute approximate surface area is 96.8 Å². The summed E-state index contributed by atoms with van der Waals surface area (Å²) in [7, 11) is 0. The summed E-state index contributed by atoms with van der Waals surface area (Å²) in [5.74, 6) is 0. The number of rotatable bonds is 4. The zero-order valence-corrected chi connectivity index (χ0v) is 9.66.